The molecule has 0 aliphatic carbocycles. The van der Waals surface area contributed by atoms with Gasteiger partial charge in [-0.1, -0.05) is 18.2 Å². The van der Waals surface area contributed by atoms with Crippen LogP contribution >= 0.6 is 11.3 Å². The van der Waals surface area contributed by atoms with E-state index in [1.807, 2.05) is 35.2 Å². The number of morpholine rings is 1. The van der Waals surface area contributed by atoms with E-state index >= 15 is 0 Å². The number of carbonyl (C=O) groups is 1. The van der Waals surface area contributed by atoms with Crippen LogP contribution < -0.4 is 0 Å². The highest BCUT2D eigenvalue weighted by atomic mass is 32.1. The first-order valence-corrected chi connectivity index (χ1v) is 7.79. The average Bonchev–Trinajstić information content (AvgIpc) is 2.95. The summed E-state index contributed by atoms with van der Waals surface area (Å²) >= 11 is 1.47. The molecule has 1 aliphatic rings. The zero-order valence-corrected chi connectivity index (χ0v) is 12.2. The van der Waals surface area contributed by atoms with Crippen molar-refractivity contribution in [2.24, 2.45) is 0 Å². The third kappa shape index (κ3) is 2.28. The Kier molecular flexibility index (Phi) is 3.09. The molecular formula is C16H14N2O2S. The predicted molar refractivity (Wildman–Crippen MR) is 83.8 cm³/mol. The highest BCUT2D eigenvalue weighted by Gasteiger charge is 2.20. The second-order valence-corrected chi connectivity index (χ2v) is 6.12. The van der Waals surface area contributed by atoms with Crippen LogP contribution in [0.3, 0.4) is 0 Å². The summed E-state index contributed by atoms with van der Waals surface area (Å²) in [7, 11) is 0. The molecule has 1 saturated heterocycles. The Morgan fingerprint density at radius 1 is 1.14 bits per heavy atom. The molecule has 4 rings (SSSR count). The fraction of sp³-hybridized carbons (Fsp3) is 0.250. The van der Waals surface area contributed by atoms with Crippen molar-refractivity contribution in [2.75, 3.05) is 26.3 Å². The van der Waals surface area contributed by atoms with Gasteiger partial charge in [-0.2, -0.15) is 0 Å². The molecule has 2 aromatic heterocycles. The van der Waals surface area contributed by atoms with Gasteiger partial charge in [0.25, 0.3) is 5.91 Å². The van der Waals surface area contributed by atoms with Gasteiger partial charge in [-0.15, -0.1) is 11.3 Å². The Morgan fingerprint density at radius 3 is 2.81 bits per heavy atom. The molecule has 0 spiro atoms. The molecule has 21 heavy (non-hydrogen) atoms. The molecule has 3 heterocycles. The van der Waals surface area contributed by atoms with Crippen molar-refractivity contribution in [3.8, 4) is 0 Å². The third-order valence-corrected chi connectivity index (χ3v) is 4.75. The minimum atomic E-state index is 0.0883. The van der Waals surface area contributed by atoms with E-state index < -0.39 is 0 Å². The van der Waals surface area contributed by atoms with E-state index in [4.69, 9.17) is 4.74 Å². The number of amides is 1. The summed E-state index contributed by atoms with van der Waals surface area (Å²) in [4.78, 5) is 20.7. The number of rotatable bonds is 1. The van der Waals surface area contributed by atoms with Gasteiger partial charge in [0.15, 0.2) is 0 Å². The van der Waals surface area contributed by atoms with Crippen LogP contribution in [0.2, 0.25) is 0 Å². The van der Waals surface area contributed by atoms with Crippen LogP contribution in [0.5, 0.6) is 0 Å². The molecule has 1 fully saturated rings. The lowest BCUT2D eigenvalue weighted by molar-refractivity contribution is 0.0306. The van der Waals surface area contributed by atoms with Crippen molar-refractivity contribution in [2.45, 2.75) is 0 Å². The van der Waals surface area contributed by atoms with Crippen LogP contribution in [0, 0.1) is 0 Å². The maximum Gasteiger partial charge on any atom is 0.264 e. The van der Waals surface area contributed by atoms with Crippen molar-refractivity contribution in [3.63, 3.8) is 0 Å². The van der Waals surface area contributed by atoms with Crippen LogP contribution in [-0.2, 0) is 4.74 Å². The number of hydrogen-bond donors (Lipinski definition) is 0. The van der Waals surface area contributed by atoms with Crippen LogP contribution in [0.25, 0.3) is 21.1 Å². The van der Waals surface area contributed by atoms with Gasteiger partial charge >= 0.3 is 0 Å². The van der Waals surface area contributed by atoms with Gasteiger partial charge in [0.1, 0.15) is 4.83 Å². The molecule has 5 heteroatoms. The molecule has 0 atom stereocenters. The first kappa shape index (κ1) is 12.7. The first-order chi connectivity index (χ1) is 10.3. The number of benzene rings is 1. The Hall–Kier alpha value is -1.98. The molecule has 0 bridgehead atoms. The lowest BCUT2D eigenvalue weighted by Gasteiger charge is -2.26. The van der Waals surface area contributed by atoms with E-state index in [9.17, 15) is 4.79 Å². The number of fused-ring (bicyclic) bond motifs is 2. The molecule has 1 aliphatic heterocycles. The van der Waals surface area contributed by atoms with E-state index in [1.165, 1.54) is 11.3 Å². The fourth-order valence-electron chi connectivity index (χ4n) is 2.60. The molecule has 0 saturated carbocycles. The molecule has 1 amide bonds. The van der Waals surface area contributed by atoms with Crippen LogP contribution in [-0.4, -0.2) is 42.1 Å². The minimum absolute atomic E-state index is 0.0883. The molecular weight excluding hydrogens is 284 g/mol. The SMILES string of the molecule is O=C(c1cc2cc3ccccc3nc2s1)N1CCOCC1. The van der Waals surface area contributed by atoms with Crippen molar-refractivity contribution in [1.82, 2.24) is 9.88 Å². The van der Waals surface area contributed by atoms with E-state index in [2.05, 4.69) is 11.1 Å². The summed E-state index contributed by atoms with van der Waals surface area (Å²) in [5.41, 5.74) is 0.970. The lowest BCUT2D eigenvalue weighted by Crippen LogP contribution is -2.40. The van der Waals surface area contributed by atoms with Gasteiger partial charge in [0.05, 0.1) is 23.6 Å². The molecule has 3 aromatic rings. The number of ether oxygens (including phenoxy) is 1. The Labute approximate surface area is 126 Å². The van der Waals surface area contributed by atoms with Crippen LogP contribution in [0.1, 0.15) is 9.67 Å². The van der Waals surface area contributed by atoms with Crippen molar-refractivity contribution >= 4 is 38.4 Å². The molecule has 1 aromatic carbocycles. The van der Waals surface area contributed by atoms with Crippen molar-refractivity contribution in [3.05, 3.63) is 41.3 Å². The van der Waals surface area contributed by atoms with E-state index in [1.54, 1.807) is 0 Å². The molecule has 0 N–H and O–H groups in total. The summed E-state index contributed by atoms with van der Waals surface area (Å²) in [5.74, 6) is 0.0883. The Balaban J connectivity index is 1.75. The molecule has 0 radical (unpaired) electrons. The zero-order valence-electron chi connectivity index (χ0n) is 11.4. The first-order valence-electron chi connectivity index (χ1n) is 6.98. The molecule has 4 nitrogen and oxygen atoms in total. The van der Waals surface area contributed by atoms with Crippen molar-refractivity contribution < 1.29 is 9.53 Å². The monoisotopic (exact) mass is 298 g/mol. The number of thiophene rings is 1. The topological polar surface area (TPSA) is 42.4 Å². The lowest BCUT2D eigenvalue weighted by atomic mass is 10.2. The highest BCUT2D eigenvalue weighted by Crippen LogP contribution is 2.28. The maximum atomic E-state index is 12.5. The second kappa shape index (κ2) is 5.09. The number of hydrogen-bond acceptors (Lipinski definition) is 4. The number of aromatic nitrogens is 1. The maximum absolute atomic E-state index is 12.5. The van der Waals surface area contributed by atoms with Crippen LogP contribution in [0.15, 0.2) is 36.4 Å². The summed E-state index contributed by atoms with van der Waals surface area (Å²) in [6.07, 6.45) is 0. The predicted octanol–water partition coefficient (Wildman–Crippen LogP) is 2.92. The Morgan fingerprint density at radius 2 is 1.95 bits per heavy atom. The molecule has 106 valence electrons. The van der Waals surface area contributed by atoms with Gasteiger partial charge in [0.2, 0.25) is 0 Å². The second-order valence-electron chi connectivity index (χ2n) is 5.09. The fourth-order valence-corrected chi connectivity index (χ4v) is 3.59. The van der Waals surface area contributed by atoms with Gasteiger partial charge in [-0.3, -0.25) is 4.79 Å². The third-order valence-electron chi connectivity index (χ3n) is 3.72. The quantitative estimate of drug-likeness (QED) is 0.693. The van der Waals surface area contributed by atoms with Gasteiger partial charge < -0.3 is 9.64 Å². The average molecular weight is 298 g/mol. The molecule has 0 unspecified atom stereocenters. The largest absolute Gasteiger partial charge is 0.378 e. The standard InChI is InChI=1S/C16H14N2O2S/c19-16(18-5-7-20-8-6-18)14-10-12-9-11-3-1-2-4-13(11)17-15(12)21-14/h1-4,9-10H,5-8H2. The van der Waals surface area contributed by atoms with Gasteiger partial charge in [-0.25, -0.2) is 4.98 Å². The summed E-state index contributed by atoms with van der Waals surface area (Å²) in [6.45, 7) is 2.59. The number of carbonyl (C=O) groups excluding carboxylic acids is 1. The van der Waals surface area contributed by atoms with E-state index in [-0.39, 0.29) is 5.91 Å². The summed E-state index contributed by atoms with van der Waals surface area (Å²) in [6, 6.07) is 12.1. The van der Waals surface area contributed by atoms with Crippen LogP contribution in [0.4, 0.5) is 0 Å². The highest BCUT2D eigenvalue weighted by molar-refractivity contribution is 7.20. The van der Waals surface area contributed by atoms with Gasteiger partial charge in [0, 0.05) is 23.9 Å². The van der Waals surface area contributed by atoms with E-state index in [0.717, 1.165) is 26.0 Å². The van der Waals surface area contributed by atoms with Crippen molar-refractivity contribution in [1.29, 1.82) is 0 Å². The normalized spacial score (nSPS) is 15.7. The summed E-state index contributed by atoms with van der Waals surface area (Å²) in [5, 5.41) is 2.14. The number of pyridine rings is 1. The van der Waals surface area contributed by atoms with E-state index in [0.29, 0.717) is 26.3 Å². The minimum Gasteiger partial charge on any atom is -0.378 e. The Bertz CT molecular complexity index is 769. The zero-order chi connectivity index (χ0) is 14.2. The number of nitrogens with zero attached hydrogens (tertiary/aromatic N) is 2. The van der Waals surface area contributed by atoms with Gasteiger partial charge in [-0.05, 0) is 18.2 Å². The summed E-state index contributed by atoms with van der Waals surface area (Å²) < 4.78 is 5.29. The smallest absolute Gasteiger partial charge is 0.264 e. The number of para-hydroxylation sites is 1.